The molecule has 1 atom stereocenters. The summed E-state index contributed by atoms with van der Waals surface area (Å²) >= 11 is 0. The summed E-state index contributed by atoms with van der Waals surface area (Å²) in [6.45, 7) is 4.08. The fourth-order valence-electron chi connectivity index (χ4n) is 3.45. The molecule has 1 unspecified atom stereocenters. The Balaban J connectivity index is 1.54. The molecule has 0 radical (unpaired) electrons. The first-order valence-corrected chi connectivity index (χ1v) is 9.79. The smallest absolute Gasteiger partial charge is 0.232 e. The molecular formula is C22H21F2N3O4. The van der Waals surface area contributed by atoms with Crippen LogP contribution in [0.2, 0.25) is 0 Å². The molecule has 1 aromatic heterocycles. The molecule has 0 spiro atoms. The van der Waals surface area contributed by atoms with Gasteiger partial charge in [-0.05, 0) is 44.2 Å². The van der Waals surface area contributed by atoms with E-state index >= 15 is 0 Å². The predicted octanol–water partition coefficient (Wildman–Crippen LogP) is 4.33. The normalized spacial score (nSPS) is 16.3. The lowest BCUT2D eigenvalue weighted by atomic mass is 10.1. The molecule has 1 fully saturated rings. The van der Waals surface area contributed by atoms with Crippen molar-refractivity contribution in [2.45, 2.75) is 32.3 Å². The highest BCUT2D eigenvalue weighted by molar-refractivity contribution is 5.96. The number of methoxy groups -OCH3 is 1. The van der Waals surface area contributed by atoms with Crippen molar-refractivity contribution in [1.29, 1.82) is 0 Å². The summed E-state index contributed by atoms with van der Waals surface area (Å²) in [5.74, 6) is -0.758. The van der Waals surface area contributed by atoms with E-state index in [-0.39, 0.29) is 36.6 Å². The summed E-state index contributed by atoms with van der Waals surface area (Å²) in [5, 5.41) is 4.02. The lowest BCUT2D eigenvalue weighted by Crippen LogP contribution is -2.24. The number of carbonyl (C=O) groups is 1. The van der Waals surface area contributed by atoms with Gasteiger partial charge in [0.15, 0.2) is 23.1 Å². The maximum absolute atomic E-state index is 13.6. The zero-order valence-corrected chi connectivity index (χ0v) is 17.3. The third-order valence-electron chi connectivity index (χ3n) is 4.92. The Kier molecular flexibility index (Phi) is 5.58. The van der Waals surface area contributed by atoms with Crippen LogP contribution in [-0.2, 0) is 4.79 Å². The molecule has 0 aliphatic carbocycles. The highest BCUT2D eigenvalue weighted by atomic mass is 19.2. The minimum Gasteiger partial charge on any atom is -0.493 e. The van der Waals surface area contributed by atoms with Crippen LogP contribution in [-0.4, -0.2) is 35.8 Å². The number of halogens is 2. The summed E-state index contributed by atoms with van der Waals surface area (Å²) in [6.07, 6.45) is 0.124. The zero-order chi connectivity index (χ0) is 22.1. The fourth-order valence-corrected chi connectivity index (χ4v) is 3.45. The SMILES string of the molecule is COc1cc(-c2noc(C3CC(=O)N(c4ccc(F)c(F)c4)C3)n2)ccc1OC(C)C. The van der Waals surface area contributed by atoms with Crippen LogP contribution >= 0.6 is 0 Å². The molecule has 1 amide bonds. The Labute approximate surface area is 177 Å². The number of hydrogen-bond donors (Lipinski definition) is 0. The quantitative estimate of drug-likeness (QED) is 0.580. The van der Waals surface area contributed by atoms with Crippen LogP contribution in [0.5, 0.6) is 11.5 Å². The molecule has 2 aromatic carbocycles. The molecule has 1 aliphatic heterocycles. The summed E-state index contributed by atoms with van der Waals surface area (Å²) in [7, 11) is 1.55. The molecule has 0 bridgehead atoms. The van der Waals surface area contributed by atoms with Crippen LogP contribution in [0.15, 0.2) is 40.9 Å². The summed E-state index contributed by atoms with van der Waals surface area (Å²) in [5.41, 5.74) is 0.960. The van der Waals surface area contributed by atoms with Crippen molar-refractivity contribution in [3.05, 3.63) is 53.9 Å². The lowest BCUT2D eigenvalue weighted by molar-refractivity contribution is -0.117. The number of rotatable bonds is 6. The van der Waals surface area contributed by atoms with Crippen molar-refractivity contribution in [1.82, 2.24) is 10.1 Å². The van der Waals surface area contributed by atoms with Gasteiger partial charge in [0.05, 0.1) is 19.1 Å². The molecule has 7 nitrogen and oxygen atoms in total. The van der Waals surface area contributed by atoms with Crippen LogP contribution in [0.25, 0.3) is 11.4 Å². The average Bonchev–Trinajstić information content (AvgIpc) is 3.37. The molecule has 1 saturated heterocycles. The van der Waals surface area contributed by atoms with Crippen molar-refractivity contribution < 1.29 is 27.6 Å². The second kappa shape index (κ2) is 8.33. The third kappa shape index (κ3) is 4.21. The van der Waals surface area contributed by atoms with Crippen LogP contribution < -0.4 is 14.4 Å². The highest BCUT2D eigenvalue weighted by Crippen LogP contribution is 2.35. The molecule has 0 saturated carbocycles. The number of ether oxygens (including phenoxy) is 2. The van der Waals surface area contributed by atoms with E-state index in [2.05, 4.69) is 10.1 Å². The van der Waals surface area contributed by atoms with Crippen molar-refractivity contribution in [2.24, 2.45) is 0 Å². The topological polar surface area (TPSA) is 77.7 Å². The zero-order valence-electron chi connectivity index (χ0n) is 17.3. The van der Waals surface area contributed by atoms with E-state index in [1.165, 1.54) is 11.0 Å². The van der Waals surface area contributed by atoms with E-state index in [0.29, 0.717) is 28.8 Å². The van der Waals surface area contributed by atoms with Crippen LogP contribution in [0, 0.1) is 11.6 Å². The van der Waals surface area contributed by atoms with E-state index in [9.17, 15) is 13.6 Å². The molecule has 0 N–H and O–H groups in total. The van der Waals surface area contributed by atoms with Crippen LogP contribution in [0.1, 0.15) is 32.1 Å². The molecule has 1 aliphatic rings. The number of hydrogen-bond acceptors (Lipinski definition) is 6. The highest BCUT2D eigenvalue weighted by Gasteiger charge is 2.35. The first-order chi connectivity index (χ1) is 14.9. The maximum atomic E-state index is 13.6. The summed E-state index contributed by atoms with van der Waals surface area (Å²) in [4.78, 5) is 18.3. The fraction of sp³-hybridized carbons (Fsp3) is 0.318. The number of carbonyl (C=O) groups excluding carboxylic acids is 1. The lowest BCUT2D eigenvalue weighted by Gasteiger charge is -2.16. The molecule has 2 heterocycles. The number of anilines is 1. The van der Waals surface area contributed by atoms with Crippen molar-refractivity contribution in [3.63, 3.8) is 0 Å². The van der Waals surface area contributed by atoms with E-state index in [0.717, 1.165) is 12.1 Å². The molecular weight excluding hydrogens is 408 g/mol. The van der Waals surface area contributed by atoms with E-state index in [1.54, 1.807) is 25.3 Å². The van der Waals surface area contributed by atoms with Gasteiger partial charge in [0, 0.05) is 30.3 Å². The molecule has 3 aromatic rings. The Morgan fingerprint density at radius 3 is 2.65 bits per heavy atom. The summed E-state index contributed by atoms with van der Waals surface area (Å²) in [6, 6.07) is 8.68. The van der Waals surface area contributed by atoms with Crippen molar-refractivity contribution >= 4 is 11.6 Å². The number of nitrogens with zero attached hydrogens (tertiary/aromatic N) is 3. The van der Waals surface area contributed by atoms with Crippen LogP contribution in [0.4, 0.5) is 14.5 Å². The third-order valence-corrected chi connectivity index (χ3v) is 4.92. The van der Waals surface area contributed by atoms with Gasteiger partial charge in [-0.15, -0.1) is 0 Å². The average molecular weight is 429 g/mol. The first kappa shape index (κ1) is 20.8. The number of benzene rings is 2. The summed E-state index contributed by atoms with van der Waals surface area (Å²) < 4.78 is 43.3. The minimum absolute atomic E-state index is 0.00559. The first-order valence-electron chi connectivity index (χ1n) is 9.79. The van der Waals surface area contributed by atoms with Crippen molar-refractivity contribution in [2.75, 3.05) is 18.6 Å². The van der Waals surface area contributed by atoms with Gasteiger partial charge in [-0.1, -0.05) is 5.16 Å². The molecule has 31 heavy (non-hydrogen) atoms. The van der Waals surface area contributed by atoms with Gasteiger partial charge in [-0.3, -0.25) is 4.79 Å². The Morgan fingerprint density at radius 2 is 1.94 bits per heavy atom. The van der Waals surface area contributed by atoms with Gasteiger partial charge in [-0.2, -0.15) is 4.98 Å². The van der Waals surface area contributed by atoms with Gasteiger partial charge in [0.2, 0.25) is 17.6 Å². The Hall–Kier alpha value is -3.49. The van der Waals surface area contributed by atoms with Crippen molar-refractivity contribution in [3.8, 4) is 22.9 Å². The molecule has 9 heteroatoms. The van der Waals surface area contributed by atoms with Gasteiger partial charge in [-0.25, -0.2) is 8.78 Å². The maximum Gasteiger partial charge on any atom is 0.232 e. The van der Waals surface area contributed by atoms with Gasteiger partial charge in [0.1, 0.15) is 0 Å². The van der Waals surface area contributed by atoms with Gasteiger partial charge in [0.25, 0.3) is 0 Å². The standard InChI is InChI=1S/C22H21F2N3O4/c1-12(2)30-18-7-4-13(8-19(18)29-3)21-25-22(31-26-21)14-9-20(28)27(11-14)15-5-6-16(23)17(24)10-15/h4-8,10,12,14H,9,11H2,1-3H3. The van der Waals surface area contributed by atoms with Gasteiger partial charge >= 0.3 is 0 Å². The second-order valence-corrected chi connectivity index (χ2v) is 7.49. The van der Waals surface area contributed by atoms with E-state index in [4.69, 9.17) is 14.0 Å². The number of aromatic nitrogens is 2. The molecule has 162 valence electrons. The van der Waals surface area contributed by atoms with Gasteiger partial charge < -0.3 is 18.9 Å². The second-order valence-electron chi connectivity index (χ2n) is 7.49. The molecule has 4 rings (SSSR count). The Bertz CT molecular complexity index is 1120. The van der Waals surface area contributed by atoms with Crippen LogP contribution in [0.3, 0.4) is 0 Å². The van der Waals surface area contributed by atoms with E-state index in [1.807, 2.05) is 13.8 Å². The number of amides is 1. The largest absolute Gasteiger partial charge is 0.493 e. The Morgan fingerprint density at radius 1 is 1.13 bits per heavy atom. The minimum atomic E-state index is -1.01. The predicted molar refractivity (Wildman–Crippen MR) is 108 cm³/mol. The monoisotopic (exact) mass is 429 g/mol. The van der Waals surface area contributed by atoms with E-state index < -0.39 is 11.6 Å².